The summed E-state index contributed by atoms with van der Waals surface area (Å²) in [5.74, 6) is 0. The standard InChI is InChI=1S/C33H31Cl2.C14H12.C5H5.2ClH.Zr/c1-32(2,3)30-18-26-22(16-28(30)20-7-11-24(34)12-8-20)15-23-17-29(21-9-13-25(35)14-10-21)31(19-27(23)26)33(4,5)6;1-3-7-13(8-4-1)11-12-14-9-5-2-6-10-14;1-2-4-5-3-1;;;/h7-19H,1-6H3;1-10H,11H2;1-3H,4H2;2*1H;/q-1;;-1;;;+2. The average Bonchev–Trinajstić information content (AvgIpc) is 3.87. The molecule has 0 aromatic heterocycles. The SMILES string of the molecule is CC(C)(C)c1cc2c(cc1-c1ccc(Cl)cc1)[cH-]c1cc(-c3ccc(Cl)cc3)c(C(C)(C)C)cc12.Cl.Cl.[C-]1=CC=CC1.[Zr+2]=[C](Cc1ccccc1)c1ccccc1. The molecule has 7 aromatic carbocycles. The second-order valence-corrected chi connectivity index (χ2v) is 18.5. The van der Waals surface area contributed by atoms with E-state index in [2.05, 4.69) is 169 Å². The zero-order valence-electron chi connectivity index (χ0n) is 33.5. The number of hydrogen-bond acceptors (Lipinski definition) is 0. The predicted octanol–water partition coefficient (Wildman–Crippen LogP) is 16.1. The van der Waals surface area contributed by atoms with Crippen molar-refractivity contribution in [2.24, 2.45) is 0 Å². The van der Waals surface area contributed by atoms with Crippen LogP contribution in [0.5, 0.6) is 0 Å². The van der Waals surface area contributed by atoms with Crippen molar-refractivity contribution in [2.45, 2.75) is 65.2 Å². The summed E-state index contributed by atoms with van der Waals surface area (Å²) >= 11 is 13.9. The van der Waals surface area contributed by atoms with Crippen LogP contribution >= 0.6 is 48.0 Å². The summed E-state index contributed by atoms with van der Waals surface area (Å²) in [6, 6.07) is 49.6. The van der Waals surface area contributed by atoms with Gasteiger partial charge in [-0.3, -0.25) is 6.08 Å². The van der Waals surface area contributed by atoms with E-state index in [1.54, 1.807) is 0 Å². The van der Waals surface area contributed by atoms with Gasteiger partial charge in [0.2, 0.25) is 0 Å². The molecule has 0 saturated heterocycles. The molecular formula is C52H50Cl4Zr. The maximum absolute atomic E-state index is 6.20. The Morgan fingerprint density at radius 2 is 1.05 bits per heavy atom. The molecule has 0 aliphatic heterocycles. The van der Waals surface area contributed by atoms with Crippen LogP contribution in [0.15, 0.2) is 158 Å². The Labute approximate surface area is 377 Å². The van der Waals surface area contributed by atoms with E-state index >= 15 is 0 Å². The average molecular weight is 908 g/mol. The van der Waals surface area contributed by atoms with Gasteiger partial charge in [0.25, 0.3) is 0 Å². The van der Waals surface area contributed by atoms with E-state index in [-0.39, 0.29) is 35.6 Å². The zero-order chi connectivity index (χ0) is 39.2. The molecular weight excluding hydrogens is 858 g/mol. The van der Waals surface area contributed by atoms with E-state index in [0.717, 1.165) is 22.9 Å². The van der Waals surface area contributed by atoms with Gasteiger partial charge in [-0.1, -0.05) is 101 Å². The zero-order valence-corrected chi connectivity index (χ0v) is 39.1. The van der Waals surface area contributed by atoms with E-state index in [1.165, 1.54) is 93.5 Å². The Balaban J connectivity index is 0.000000270. The first-order valence-corrected chi connectivity index (χ1v) is 20.9. The van der Waals surface area contributed by atoms with Crippen LogP contribution in [0.4, 0.5) is 0 Å². The van der Waals surface area contributed by atoms with Crippen LogP contribution in [0.25, 0.3) is 43.8 Å². The Hall–Kier alpha value is -3.42. The molecule has 0 heterocycles. The molecule has 7 aromatic rings. The molecule has 0 bridgehead atoms. The molecule has 0 atom stereocenters. The minimum atomic E-state index is 0. The van der Waals surface area contributed by atoms with Crippen LogP contribution in [0, 0.1) is 6.08 Å². The van der Waals surface area contributed by atoms with Crippen molar-refractivity contribution in [1.82, 2.24) is 0 Å². The van der Waals surface area contributed by atoms with Crippen molar-refractivity contribution < 1.29 is 24.2 Å². The van der Waals surface area contributed by atoms with Gasteiger partial charge in [-0.2, -0.15) is 6.08 Å². The van der Waals surface area contributed by atoms with Gasteiger partial charge in [0, 0.05) is 10.0 Å². The number of hydrogen-bond donors (Lipinski definition) is 0. The summed E-state index contributed by atoms with van der Waals surface area (Å²) in [7, 11) is 0. The van der Waals surface area contributed by atoms with Gasteiger partial charge < -0.3 is 0 Å². The normalized spacial score (nSPS) is 11.9. The topological polar surface area (TPSA) is 0 Å². The molecule has 0 N–H and O–H groups in total. The minimum absolute atomic E-state index is 0. The fourth-order valence-corrected chi connectivity index (χ4v) is 8.13. The molecule has 0 unspecified atom stereocenters. The molecule has 1 aliphatic carbocycles. The molecule has 290 valence electrons. The molecule has 5 heteroatoms. The summed E-state index contributed by atoms with van der Waals surface area (Å²) in [6.07, 6.45) is 11.1. The predicted molar refractivity (Wildman–Crippen MR) is 252 cm³/mol. The van der Waals surface area contributed by atoms with Crippen LogP contribution in [0.2, 0.25) is 10.0 Å². The van der Waals surface area contributed by atoms with Crippen molar-refractivity contribution in [3.05, 3.63) is 196 Å². The molecule has 57 heavy (non-hydrogen) atoms. The van der Waals surface area contributed by atoms with Crippen molar-refractivity contribution >= 4 is 72.8 Å². The first kappa shape index (κ1) is 46.3. The summed E-state index contributed by atoms with van der Waals surface area (Å²) in [6.45, 7) is 13.7. The number of allylic oxidation sites excluding steroid dienone is 4. The number of rotatable bonds is 5. The summed E-state index contributed by atoms with van der Waals surface area (Å²) in [5, 5.41) is 6.69. The fraction of sp³-hybridized carbons (Fsp3) is 0.192. The van der Waals surface area contributed by atoms with Crippen LogP contribution < -0.4 is 0 Å². The molecule has 0 spiro atoms. The van der Waals surface area contributed by atoms with E-state index in [0.29, 0.717) is 0 Å². The van der Waals surface area contributed by atoms with Crippen molar-refractivity contribution in [3.8, 4) is 22.3 Å². The molecule has 1 aliphatic rings. The van der Waals surface area contributed by atoms with Crippen molar-refractivity contribution in [3.63, 3.8) is 0 Å². The third-order valence-electron chi connectivity index (χ3n) is 9.84. The van der Waals surface area contributed by atoms with Crippen LogP contribution in [0.3, 0.4) is 0 Å². The first-order valence-electron chi connectivity index (χ1n) is 18.9. The van der Waals surface area contributed by atoms with Gasteiger partial charge in [-0.25, -0.2) is 12.2 Å². The number of benzene rings is 6. The molecule has 0 nitrogen and oxygen atoms in total. The second-order valence-electron chi connectivity index (χ2n) is 16.1. The van der Waals surface area contributed by atoms with Gasteiger partial charge in [-0.15, -0.1) is 71.0 Å². The van der Waals surface area contributed by atoms with E-state index < -0.39 is 0 Å². The number of halogens is 4. The quantitative estimate of drug-likeness (QED) is 0.151. The van der Waals surface area contributed by atoms with Gasteiger partial charge in [0.1, 0.15) is 0 Å². The summed E-state index contributed by atoms with van der Waals surface area (Å²) < 4.78 is 1.51. The van der Waals surface area contributed by atoms with E-state index in [1.807, 2.05) is 36.4 Å². The fourth-order valence-electron chi connectivity index (χ4n) is 6.96. The molecule has 0 fully saturated rings. The number of fused-ring (bicyclic) bond motifs is 3. The van der Waals surface area contributed by atoms with Gasteiger partial charge in [0.05, 0.1) is 0 Å². The van der Waals surface area contributed by atoms with Gasteiger partial charge in [0.15, 0.2) is 0 Å². The third kappa shape index (κ3) is 12.1. The van der Waals surface area contributed by atoms with Crippen LogP contribution in [-0.2, 0) is 41.5 Å². The monoisotopic (exact) mass is 904 g/mol. The Morgan fingerprint density at radius 3 is 1.42 bits per heavy atom. The third-order valence-corrected chi connectivity index (χ3v) is 11.5. The first-order chi connectivity index (χ1) is 26.3. The Bertz CT molecular complexity index is 2310. The van der Waals surface area contributed by atoms with E-state index in [9.17, 15) is 0 Å². The maximum atomic E-state index is 6.20. The Morgan fingerprint density at radius 1 is 0.614 bits per heavy atom. The van der Waals surface area contributed by atoms with Gasteiger partial charge in [-0.05, 0) is 68.5 Å². The van der Waals surface area contributed by atoms with Crippen molar-refractivity contribution in [2.75, 3.05) is 0 Å². The van der Waals surface area contributed by atoms with Crippen LogP contribution in [0.1, 0.15) is 70.2 Å². The Kier molecular flexibility index (Phi) is 16.7. The van der Waals surface area contributed by atoms with Crippen molar-refractivity contribution in [1.29, 1.82) is 0 Å². The second kappa shape index (κ2) is 20.5. The summed E-state index contributed by atoms with van der Waals surface area (Å²) in [5.41, 5.74) is 10.4. The molecule has 8 rings (SSSR count). The summed E-state index contributed by atoms with van der Waals surface area (Å²) in [4.78, 5) is 0. The van der Waals surface area contributed by atoms with Crippen LogP contribution in [-0.4, -0.2) is 3.21 Å². The molecule has 0 saturated carbocycles. The molecule has 0 radical (unpaired) electrons. The van der Waals surface area contributed by atoms with E-state index in [4.69, 9.17) is 23.2 Å². The van der Waals surface area contributed by atoms with Gasteiger partial charge >= 0.3 is 106 Å². The molecule has 0 amide bonds.